The highest BCUT2D eigenvalue weighted by Gasteiger charge is 2.28. The molecule has 0 fully saturated rings. The van der Waals surface area contributed by atoms with Crippen molar-refractivity contribution in [1.29, 1.82) is 0 Å². The van der Waals surface area contributed by atoms with Crippen molar-refractivity contribution in [1.82, 2.24) is 5.01 Å². The van der Waals surface area contributed by atoms with Crippen molar-refractivity contribution in [3.63, 3.8) is 0 Å². The second-order valence-corrected chi connectivity index (χ2v) is 3.83. The summed E-state index contributed by atoms with van der Waals surface area (Å²) in [5.41, 5.74) is 2.16. The molecule has 0 unspecified atom stereocenters. The second-order valence-electron chi connectivity index (χ2n) is 3.83. The van der Waals surface area contributed by atoms with Gasteiger partial charge >= 0.3 is 0 Å². The maximum Gasteiger partial charge on any atom is 0.240 e. The summed E-state index contributed by atoms with van der Waals surface area (Å²) in [7, 11) is 0. The minimum absolute atomic E-state index is 0.000651. The number of hydrazone groups is 1. The highest BCUT2D eigenvalue weighted by Crippen LogP contribution is 2.30. The summed E-state index contributed by atoms with van der Waals surface area (Å²) in [6.07, 6.45) is 0.837. The topological polar surface area (TPSA) is 32.7 Å². The van der Waals surface area contributed by atoms with Gasteiger partial charge in [0.05, 0.1) is 6.04 Å². The molecule has 2 rings (SSSR count). The molecule has 1 aromatic carbocycles. The van der Waals surface area contributed by atoms with Gasteiger partial charge in [-0.3, -0.25) is 4.79 Å². The SMILES string of the molecule is CC(=O)N1N=C(C)C[C@@H]1c1ccccc1. The van der Waals surface area contributed by atoms with E-state index in [0.29, 0.717) is 0 Å². The third-order valence-electron chi connectivity index (χ3n) is 2.57. The Hall–Kier alpha value is -1.64. The zero-order chi connectivity index (χ0) is 10.8. The van der Waals surface area contributed by atoms with Crippen LogP contribution in [0.5, 0.6) is 0 Å². The molecule has 1 aliphatic heterocycles. The lowest BCUT2D eigenvalue weighted by Crippen LogP contribution is -2.24. The Morgan fingerprint density at radius 2 is 2.07 bits per heavy atom. The van der Waals surface area contributed by atoms with Crippen molar-refractivity contribution < 1.29 is 4.79 Å². The minimum Gasteiger partial charge on any atom is -0.273 e. The van der Waals surface area contributed by atoms with Crippen LogP contribution in [0.15, 0.2) is 35.4 Å². The van der Waals surface area contributed by atoms with E-state index in [0.717, 1.165) is 17.7 Å². The molecule has 1 aliphatic rings. The Bertz CT molecular complexity index is 397. The molecule has 3 nitrogen and oxygen atoms in total. The molecule has 0 N–H and O–H groups in total. The zero-order valence-electron chi connectivity index (χ0n) is 8.97. The Morgan fingerprint density at radius 1 is 1.40 bits per heavy atom. The molecule has 0 aliphatic carbocycles. The lowest BCUT2D eigenvalue weighted by atomic mass is 10.0. The van der Waals surface area contributed by atoms with Gasteiger partial charge in [-0.05, 0) is 12.5 Å². The minimum atomic E-state index is 0.000651. The first-order valence-electron chi connectivity index (χ1n) is 5.07. The van der Waals surface area contributed by atoms with Gasteiger partial charge in [0, 0.05) is 19.1 Å². The van der Waals surface area contributed by atoms with Crippen molar-refractivity contribution in [3.05, 3.63) is 35.9 Å². The van der Waals surface area contributed by atoms with Crippen LogP contribution in [0, 0.1) is 0 Å². The van der Waals surface area contributed by atoms with Crippen LogP contribution in [-0.4, -0.2) is 16.6 Å². The average molecular weight is 202 g/mol. The maximum atomic E-state index is 11.4. The molecule has 1 heterocycles. The van der Waals surface area contributed by atoms with Gasteiger partial charge in [0.15, 0.2) is 0 Å². The van der Waals surface area contributed by atoms with Crippen LogP contribution in [0.3, 0.4) is 0 Å². The van der Waals surface area contributed by atoms with Crippen LogP contribution in [-0.2, 0) is 4.79 Å². The number of hydrogen-bond acceptors (Lipinski definition) is 2. The van der Waals surface area contributed by atoms with Crippen molar-refractivity contribution >= 4 is 11.6 Å². The molecule has 0 aromatic heterocycles. The summed E-state index contributed by atoms with van der Waals surface area (Å²) in [4.78, 5) is 11.4. The predicted octanol–water partition coefficient (Wildman–Crippen LogP) is 2.36. The second kappa shape index (κ2) is 3.85. The summed E-state index contributed by atoms with van der Waals surface area (Å²) in [6.45, 7) is 3.51. The average Bonchev–Trinajstić information content (AvgIpc) is 2.62. The first-order chi connectivity index (χ1) is 7.18. The van der Waals surface area contributed by atoms with E-state index in [1.807, 2.05) is 37.3 Å². The first-order valence-corrected chi connectivity index (χ1v) is 5.07. The molecule has 0 radical (unpaired) electrons. The van der Waals surface area contributed by atoms with E-state index in [2.05, 4.69) is 5.10 Å². The van der Waals surface area contributed by atoms with Crippen LogP contribution in [0.25, 0.3) is 0 Å². The third kappa shape index (κ3) is 1.91. The van der Waals surface area contributed by atoms with E-state index >= 15 is 0 Å². The van der Waals surface area contributed by atoms with Crippen molar-refractivity contribution in [2.45, 2.75) is 26.3 Å². The quantitative estimate of drug-likeness (QED) is 0.688. The Morgan fingerprint density at radius 3 is 2.67 bits per heavy atom. The standard InChI is InChI=1S/C12H14N2O/c1-9-8-12(14(13-9)10(2)15)11-6-4-3-5-7-11/h3-7,12H,8H2,1-2H3/t12-/m1/s1. The van der Waals surface area contributed by atoms with Crippen molar-refractivity contribution in [3.8, 4) is 0 Å². The number of benzene rings is 1. The van der Waals surface area contributed by atoms with Crippen LogP contribution in [0.2, 0.25) is 0 Å². The number of carbonyl (C=O) groups excluding carboxylic acids is 1. The van der Waals surface area contributed by atoms with Gasteiger partial charge < -0.3 is 0 Å². The van der Waals surface area contributed by atoms with Crippen molar-refractivity contribution in [2.75, 3.05) is 0 Å². The molecule has 1 aromatic rings. The molecule has 1 amide bonds. The summed E-state index contributed by atoms with van der Waals surface area (Å²) in [5.74, 6) is 0.000651. The molecule has 3 heteroatoms. The summed E-state index contributed by atoms with van der Waals surface area (Å²) < 4.78 is 0. The van der Waals surface area contributed by atoms with E-state index in [9.17, 15) is 4.79 Å². The first kappa shape index (κ1) is 9.90. The molecular formula is C12H14N2O. The molecule has 1 atom stereocenters. The van der Waals surface area contributed by atoms with E-state index in [-0.39, 0.29) is 11.9 Å². The van der Waals surface area contributed by atoms with Gasteiger partial charge in [-0.1, -0.05) is 30.3 Å². The number of nitrogens with zero attached hydrogens (tertiary/aromatic N) is 2. The molecule has 15 heavy (non-hydrogen) atoms. The predicted molar refractivity (Wildman–Crippen MR) is 59.4 cm³/mol. The van der Waals surface area contributed by atoms with Gasteiger partial charge in [0.25, 0.3) is 0 Å². The van der Waals surface area contributed by atoms with E-state index in [4.69, 9.17) is 0 Å². The number of hydrogen-bond donors (Lipinski definition) is 0. The Balaban J connectivity index is 2.28. The number of rotatable bonds is 1. The van der Waals surface area contributed by atoms with Crippen molar-refractivity contribution in [2.24, 2.45) is 5.10 Å². The summed E-state index contributed by atoms with van der Waals surface area (Å²) >= 11 is 0. The van der Waals surface area contributed by atoms with Gasteiger partial charge in [0.1, 0.15) is 0 Å². The van der Waals surface area contributed by atoms with E-state index < -0.39 is 0 Å². The normalized spacial score (nSPS) is 20.3. The molecule has 78 valence electrons. The zero-order valence-corrected chi connectivity index (χ0v) is 8.97. The summed E-state index contributed by atoms with van der Waals surface area (Å²) in [5, 5.41) is 5.82. The van der Waals surface area contributed by atoms with Gasteiger partial charge in [-0.25, -0.2) is 5.01 Å². The number of amides is 1. The molecular weight excluding hydrogens is 188 g/mol. The monoisotopic (exact) mass is 202 g/mol. The highest BCUT2D eigenvalue weighted by molar-refractivity contribution is 5.87. The Kier molecular flexibility index (Phi) is 2.54. The summed E-state index contributed by atoms with van der Waals surface area (Å²) in [6, 6.07) is 10.1. The van der Waals surface area contributed by atoms with E-state index in [1.165, 1.54) is 0 Å². The van der Waals surface area contributed by atoms with Gasteiger partial charge in [-0.15, -0.1) is 0 Å². The highest BCUT2D eigenvalue weighted by atomic mass is 16.2. The maximum absolute atomic E-state index is 11.4. The van der Waals surface area contributed by atoms with Crippen LogP contribution in [0.1, 0.15) is 31.9 Å². The largest absolute Gasteiger partial charge is 0.273 e. The van der Waals surface area contributed by atoms with E-state index in [1.54, 1.807) is 11.9 Å². The fourth-order valence-corrected chi connectivity index (χ4v) is 1.88. The third-order valence-corrected chi connectivity index (χ3v) is 2.57. The molecule has 0 spiro atoms. The molecule has 0 saturated heterocycles. The molecule has 0 bridgehead atoms. The fourth-order valence-electron chi connectivity index (χ4n) is 1.88. The number of carbonyl (C=O) groups is 1. The van der Waals surface area contributed by atoms with Gasteiger partial charge in [-0.2, -0.15) is 5.10 Å². The van der Waals surface area contributed by atoms with Gasteiger partial charge in [0.2, 0.25) is 5.91 Å². The van der Waals surface area contributed by atoms with Crippen LogP contribution >= 0.6 is 0 Å². The lowest BCUT2D eigenvalue weighted by molar-refractivity contribution is -0.130. The smallest absolute Gasteiger partial charge is 0.240 e. The fraction of sp³-hybridized carbons (Fsp3) is 0.333. The molecule has 0 saturated carbocycles. The lowest BCUT2D eigenvalue weighted by Gasteiger charge is -2.20. The van der Waals surface area contributed by atoms with Crippen LogP contribution < -0.4 is 0 Å². The van der Waals surface area contributed by atoms with Crippen LogP contribution in [0.4, 0.5) is 0 Å². The Labute approximate surface area is 89.4 Å².